The van der Waals surface area contributed by atoms with E-state index in [1.807, 2.05) is 24.8 Å². The van der Waals surface area contributed by atoms with E-state index in [0.717, 1.165) is 36.8 Å². The number of carbonyl (C=O) groups excluding carboxylic acids is 1. The molecule has 138 valence electrons. The molecule has 1 saturated carbocycles. The van der Waals surface area contributed by atoms with Crippen LogP contribution in [0.15, 0.2) is 23.1 Å². The second kappa shape index (κ2) is 7.46. The number of hydrogen-bond donors (Lipinski definition) is 1. The summed E-state index contributed by atoms with van der Waals surface area (Å²) in [6.07, 6.45) is 6.13. The fourth-order valence-electron chi connectivity index (χ4n) is 3.83. The first kappa shape index (κ1) is 18.4. The molecule has 0 spiro atoms. The number of sulfonamides is 1. The number of benzene rings is 1. The second-order valence-corrected chi connectivity index (χ2v) is 9.19. The summed E-state index contributed by atoms with van der Waals surface area (Å²) in [5.74, 6) is 0.358. The Bertz CT molecular complexity index is 739. The molecule has 0 bridgehead atoms. The van der Waals surface area contributed by atoms with Crippen molar-refractivity contribution < 1.29 is 13.2 Å². The van der Waals surface area contributed by atoms with Gasteiger partial charge in [0, 0.05) is 25.0 Å². The van der Waals surface area contributed by atoms with Crippen LogP contribution in [0, 0.1) is 19.8 Å². The molecule has 1 aromatic carbocycles. The van der Waals surface area contributed by atoms with Crippen molar-refractivity contribution in [1.29, 1.82) is 0 Å². The Morgan fingerprint density at radius 2 is 1.80 bits per heavy atom. The topological polar surface area (TPSA) is 66.5 Å². The lowest BCUT2D eigenvalue weighted by Crippen LogP contribution is -2.40. The molecule has 0 radical (unpaired) electrons. The monoisotopic (exact) mass is 364 g/mol. The van der Waals surface area contributed by atoms with Crippen LogP contribution in [-0.2, 0) is 14.8 Å². The average Bonchev–Trinajstić information content (AvgIpc) is 3.05. The molecule has 1 N–H and O–H groups in total. The molecule has 5 nitrogen and oxygen atoms in total. The van der Waals surface area contributed by atoms with E-state index in [0.29, 0.717) is 24.4 Å². The number of amides is 1. The summed E-state index contributed by atoms with van der Waals surface area (Å²) in [7, 11) is -3.54. The van der Waals surface area contributed by atoms with Crippen LogP contribution in [0.5, 0.6) is 0 Å². The Kier molecular flexibility index (Phi) is 5.49. The summed E-state index contributed by atoms with van der Waals surface area (Å²) in [6.45, 7) is 5.01. The van der Waals surface area contributed by atoms with Gasteiger partial charge >= 0.3 is 0 Å². The molecule has 1 aliphatic heterocycles. The molecule has 1 amide bonds. The van der Waals surface area contributed by atoms with Gasteiger partial charge in [-0.3, -0.25) is 4.79 Å². The number of likely N-dealkylation sites (tertiary alicyclic amines) is 1. The first-order valence-corrected chi connectivity index (χ1v) is 10.7. The van der Waals surface area contributed by atoms with Gasteiger partial charge in [-0.15, -0.1) is 0 Å². The lowest BCUT2D eigenvalue weighted by atomic mass is 9.88. The molecule has 2 fully saturated rings. The van der Waals surface area contributed by atoms with Crippen molar-refractivity contribution in [2.24, 2.45) is 5.92 Å². The highest BCUT2D eigenvalue weighted by atomic mass is 32.2. The highest BCUT2D eigenvalue weighted by molar-refractivity contribution is 7.89. The quantitative estimate of drug-likeness (QED) is 0.893. The minimum absolute atomic E-state index is 0.142. The minimum Gasteiger partial charge on any atom is -0.341 e. The highest BCUT2D eigenvalue weighted by Crippen LogP contribution is 2.27. The molecule has 2 aliphatic rings. The maximum atomic E-state index is 12.6. The number of rotatable bonds is 4. The Hall–Kier alpha value is -1.40. The molecular weight excluding hydrogens is 336 g/mol. The van der Waals surface area contributed by atoms with E-state index in [4.69, 9.17) is 0 Å². The second-order valence-electron chi connectivity index (χ2n) is 7.47. The fourth-order valence-corrected chi connectivity index (χ4v) is 5.18. The third-order valence-electron chi connectivity index (χ3n) is 5.56. The van der Waals surface area contributed by atoms with Gasteiger partial charge in [0.1, 0.15) is 0 Å². The molecule has 1 unspecified atom stereocenters. The van der Waals surface area contributed by atoms with Gasteiger partial charge < -0.3 is 4.90 Å². The van der Waals surface area contributed by atoms with Gasteiger partial charge in [-0.2, -0.15) is 0 Å². The zero-order valence-electron chi connectivity index (χ0n) is 15.1. The van der Waals surface area contributed by atoms with E-state index in [1.54, 1.807) is 12.1 Å². The number of aryl methyl sites for hydroxylation is 2. The van der Waals surface area contributed by atoms with Gasteiger partial charge in [-0.1, -0.05) is 25.3 Å². The van der Waals surface area contributed by atoms with E-state index in [1.165, 1.54) is 6.42 Å². The summed E-state index contributed by atoms with van der Waals surface area (Å²) >= 11 is 0. The van der Waals surface area contributed by atoms with Crippen molar-refractivity contribution in [3.63, 3.8) is 0 Å². The van der Waals surface area contributed by atoms with Crippen LogP contribution < -0.4 is 4.72 Å². The molecule has 6 heteroatoms. The van der Waals surface area contributed by atoms with Gasteiger partial charge in [-0.05, 0) is 56.4 Å². The minimum atomic E-state index is -3.54. The average molecular weight is 365 g/mol. The lowest BCUT2D eigenvalue weighted by molar-refractivity contribution is -0.135. The summed E-state index contributed by atoms with van der Waals surface area (Å²) in [5.41, 5.74) is 2.03. The van der Waals surface area contributed by atoms with Crippen LogP contribution in [0.2, 0.25) is 0 Å². The fraction of sp³-hybridized carbons (Fsp3) is 0.632. The number of nitrogens with zero attached hydrogens (tertiary/aromatic N) is 1. The number of hydrogen-bond acceptors (Lipinski definition) is 3. The zero-order chi connectivity index (χ0) is 18.0. The van der Waals surface area contributed by atoms with Crippen molar-refractivity contribution in [2.45, 2.75) is 63.3 Å². The molecule has 1 aromatic rings. The molecule has 1 aliphatic carbocycles. The smallest absolute Gasteiger partial charge is 0.240 e. The first-order valence-electron chi connectivity index (χ1n) is 9.25. The predicted octanol–water partition coefficient (Wildman–Crippen LogP) is 2.76. The van der Waals surface area contributed by atoms with Gasteiger partial charge in [-0.25, -0.2) is 13.1 Å². The van der Waals surface area contributed by atoms with Crippen molar-refractivity contribution in [1.82, 2.24) is 9.62 Å². The maximum Gasteiger partial charge on any atom is 0.240 e. The van der Waals surface area contributed by atoms with Crippen LogP contribution >= 0.6 is 0 Å². The van der Waals surface area contributed by atoms with Crippen molar-refractivity contribution >= 4 is 15.9 Å². The number of carbonyl (C=O) groups is 1. The highest BCUT2D eigenvalue weighted by Gasteiger charge is 2.33. The van der Waals surface area contributed by atoms with Gasteiger partial charge in [0.05, 0.1) is 4.90 Å². The van der Waals surface area contributed by atoms with Crippen LogP contribution in [-0.4, -0.2) is 38.4 Å². The normalized spacial score (nSPS) is 22.3. The molecule has 1 saturated heterocycles. The standard InChI is InChI=1S/C19H28N2O3S/c1-14-8-9-18(12-15(14)2)25(23,24)20-17-10-11-21(13-17)19(22)16-6-4-3-5-7-16/h8-9,12,16-17,20H,3-7,10-11,13H2,1-2H3. The Morgan fingerprint density at radius 1 is 1.08 bits per heavy atom. The first-order chi connectivity index (χ1) is 11.9. The van der Waals surface area contributed by atoms with Crippen LogP contribution in [0.1, 0.15) is 49.7 Å². The van der Waals surface area contributed by atoms with E-state index >= 15 is 0 Å². The molecule has 25 heavy (non-hydrogen) atoms. The summed E-state index contributed by atoms with van der Waals surface area (Å²) < 4.78 is 28.0. The van der Waals surface area contributed by atoms with Crippen LogP contribution in [0.25, 0.3) is 0 Å². The lowest BCUT2D eigenvalue weighted by Gasteiger charge is -2.26. The van der Waals surface area contributed by atoms with Gasteiger partial charge in [0.2, 0.25) is 15.9 Å². The Labute approximate surface area is 150 Å². The van der Waals surface area contributed by atoms with Crippen molar-refractivity contribution in [2.75, 3.05) is 13.1 Å². The van der Waals surface area contributed by atoms with Gasteiger partial charge in [0.25, 0.3) is 0 Å². The van der Waals surface area contributed by atoms with Crippen LogP contribution in [0.3, 0.4) is 0 Å². The Balaban J connectivity index is 1.62. The van der Waals surface area contributed by atoms with Crippen LogP contribution in [0.4, 0.5) is 0 Å². The molecule has 1 atom stereocenters. The van der Waals surface area contributed by atoms with E-state index < -0.39 is 10.0 Å². The summed E-state index contributed by atoms with van der Waals surface area (Å²) in [4.78, 5) is 14.8. The SMILES string of the molecule is Cc1ccc(S(=O)(=O)NC2CCN(C(=O)C3CCCCC3)C2)cc1C. The Morgan fingerprint density at radius 3 is 2.48 bits per heavy atom. The zero-order valence-corrected chi connectivity index (χ0v) is 15.9. The summed E-state index contributed by atoms with van der Waals surface area (Å²) in [6, 6.07) is 4.98. The molecular formula is C19H28N2O3S. The van der Waals surface area contributed by atoms with E-state index in [2.05, 4.69) is 4.72 Å². The van der Waals surface area contributed by atoms with E-state index in [9.17, 15) is 13.2 Å². The number of nitrogens with one attached hydrogen (secondary N) is 1. The van der Waals surface area contributed by atoms with Gasteiger partial charge in [0.15, 0.2) is 0 Å². The molecule has 1 heterocycles. The molecule has 0 aromatic heterocycles. The predicted molar refractivity (Wildman–Crippen MR) is 97.8 cm³/mol. The third-order valence-corrected chi connectivity index (χ3v) is 7.08. The maximum absolute atomic E-state index is 12.6. The van der Waals surface area contributed by atoms with E-state index in [-0.39, 0.29) is 17.9 Å². The largest absolute Gasteiger partial charge is 0.341 e. The van der Waals surface area contributed by atoms with Crippen molar-refractivity contribution in [3.05, 3.63) is 29.3 Å². The molecule has 3 rings (SSSR count). The van der Waals surface area contributed by atoms with Crippen molar-refractivity contribution in [3.8, 4) is 0 Å². The summed E-state index contributed by atoms with van der Waals surface area (Å²) in [5, 5.41) is 0. The third kappa shape index (κ3) is 4.23.